The van der Waals surface area contributed by atoms with Crippen LogP contribution < -0.4 is 5.32 Å². The van der Waals surface area contributed by atoms with Crippen LogP contribution >= 0.6 is 0 Å². The molecule has 0 bridgehead atoms. The number of benzene rings is 2. The molecule has 156 valence electrons. The van der Waals surface area contributed by atoms with Gasteiger partial charge in [-0.1, -0.05) is 24.3 Å². The fourth-order valence-electron chi connectivity index (χ4n) is 3.28. The number of rotatable bonds is 5. The monoisotopic (exact) mass is 425 g/mol. The molecule has 4 rings (SSSR count). The maximum absolute atomic E-state index is 12.9. The lowest BCUT2D eigenvalue weighted by Crippen LogP contribution is -2.47. The molecule has 1 N–H and O–H groups in total. The summed E-state index contributed by atoms with van der Waals surface area (Å²) in [4.78, 5) is 14.9. The molecule has 0 spiro atoms. The molecular formula is C21H23N5O3S. The number of carbonyl (C=O) groups is 1. The zero-order chi connectivity index (χ0) is 21.1. The van der Waals surface area contributed by atoms with E-state index in [0.29, 0.717) is 37.4 Å². The van der Waals surface area contributed by atoms with Crippen LogP contribution in [0.4, 0.5) is 5.69 Å². The Hall–Kier alpha value is -3.01. The third-order valence-corrected chi connectivity index (χ3v) is 6.95. The number of anilines is 1. The van der Waals surface area contributed by atoms with Gasteiger partial charge in [-0.2, -0.15) is 9.40 Å². The van der Waals surface area contributed by atoms with Crippen molar-refractivity contribution < 1.29 is 13.2 Å². The van der Waals surface area contributed by atoms with E-state index in [1.165, 1.54) is 16.6 Å². The first-order valence-electron chi connectivity index (χ1n) is 9.64. The highest BCUT2D eigenvalue weighted by atomic mass is 32.2. The number of hydrogen-bond acceptors (Lipinski definition) is 5. The van der Waals surface area contributed by atoms with Crippen molar-refractivity contribution in [3.63, 3.8) is 0 Å². The summed E-state index contributed by atoms with van der Waals surface area (Å²) in [5, 5.41) is 6.98. The number of nitrogens with one attached hydrogen (secondary N) is 1. The van der Waals surface area contributed by atoms with E-state index in [4.69, 9.17) is 0 Å². The summed E-state index contributed by atoms with van der Waals surface area (Å²) in [5.74, 6) is -0.355. The quantitative estimate of drug-likeness (QED) is 0.676. The normalized spacial score (nSPS) is 15.8. The topological polar surface area (TPSA) is 87.5 Å². The van der Waals surface area contributed by atoms with Crippen LogP contribution in [0.5, 0.6) is 0 Å². The van der Waals surface area contributed by atoms with Crippen molar-refractivity contribution in [3.8, 4) is 5.69 Å². The lowest BCUT2D eigenvalue weighted by Gasteiger charge is -2.31. The first kappa shape index (κ1) is 20.3. The van der Waals surface area contributed by atoms with Gasteiger partial charge in [0.05, 0.1) is 22.3 Å². The Labute approximate surface area is 175 Å². The predicted molar refractivity (Wildman–Crippen MR) is 114 cm³/mol. The van der Waals surface area contributed by atoms with Gasteiger partial charge in [0.15, 0.2) is 0 Å². The number of aromatic nitrogens is 2. The van der Waals surface area contributed by atoms with Gasteiger partial charge in [-0.05, 0) is 37.4 Å². The Morgan fingerprint density at radius 2 is 1.73 bits per heavy atom. The molecule has 2 heterocycles. The highest BCUT2D eigenvalue weighted by molar-refractivity contribution is 7.89. The fourth-order valence-corrected chi connectivity index (χ4v) is 4.75. The molecule has 0 atom stereocenters. The number of likely N-dealkylation sites (N-methyl/N-ethyl adjacent to an activating group) is 1. The smallest absolute Gasteiger partial charge is 0.258 e. The molecule has 1 saturated heterocycles. The van der Waals surface area contributed by atoms with Crippen LogP contribution in [0.1, 0.15) is 10.4 Å². The first-order valence-corrected chi connectivity index (χ1v) is 11.1. The van der Waals surface area contributed by atoms with Crippen molar-refractivity contribution in [2.45, 2.75) is 4.90 Å². The second-order valence-corrected chi connectivity index (χ2v) is 9.14. The molecule has 0 aliphatic carbocycles. The summed E-state index contributed by atoms with van der Waals surface area (Å²) < 4.78 is 29.0. The Bertz CT molecular complexity index is 1140. The Kier molecular flexibility index (Phi) is 5.67. The summed E-state index contributed by atoms with van der Waals surface area (Å²) >= 11 is 0. The maximum Gasteiger partial charge on any atom is 0.258 e. The number of sulfonamides is 1. The molecular weight excluding hydrogens is 402 g/mol. The van der Waals surface area contributed by atoms with E-state index in [2.05, 4.69) is 15.3 Å². The van der Waals surface area contributed by atoms with Crippen LogP contribution in [0.15, 0.2) is 71.9 Å². The zero-order valence-corrected chi connectivity index (χ0v) is 17.4. The molecule has 1 aromatic heterocycles. The molecule has 1 amide bonds. The van der Waals surface area contributed by atoms with E-state index in [1.54, 1.807) is 29.1 Å². The summed E-state index contributed by atoms with van der Waals surface area (Å²) in [6.07, 6.45) is 3.11. The standard InChI is InChI=1S/C21H23N5O3S/c1-24-10-12-25(13-11-24)30(28,29)20-9-5-6-18(14-20)23-21(27)17-15-22-26(16-17)19-7-3-2-4-8-19/h2-9,14-16H,10-13H2,1H3,(H,23,27). The highest BCUT2D eigenvalue weighted by Crippen LogP contribution is 2.21. The number of amides is 1. The van der Waals surface area contributed by atoms with E-state index >= 15 is 0 Å². The maximum atomic E-state index is 12.9. The number of carbonyl (C=O) groups excluding carboxylic acids is 1. The average Bonchev–Trinajstić information content (AvgIpc) is 3.25. The van der Waals surface area contributed by atoms with Crippen molar-refractivity contribution in [2.75, 3.05) is 38.5 Å². The molecule has 1 fully saturated rings. The van der Waals surface area contributed by atoms with Crippen molar-refractivity contribution in [1.82, 2.24) is 19.0 Å². The van der Waals surface area contributed by atoms with E-state index in [9.17, 15) is 13.2 Å². The van der Waals surface area contributed by atoms with E-state index < -0.39 is 10.0 Å². The predicted octanol–water partition coefficient (Wildman–Crippen LogP) is 2.06. The summed E-state index contributed by atoms with van der Waals surface area (Å²) in [7, 11) is -1.63. The summed E-state index contributed by atoms with van der Waals surface area (Å²) in [6.45, 7) is 2.30. The summed E-state index contributed by atoms with van der Waals surface area (Å²) in [6, 6.07) is 15.8. The van der Waals surface area contributed by atoms with Crippen LogP contribution in [0.3, 0.4) is 0 Å². The van der Waals surface area contributed by atoms with Crippen LogP contribution in [0, 0.1) is 0 Å². The first-order chi connectivity index (χ1) is 14.4. The second kappa shape index (κ2) is 8.39. The van der Waals surface area contributed by atoms with Crippen LogP contribution in [0.25, 0.3) is 5.69 Å². The lowest BCUT2D eigenvalue weighted by atomic mass is 10.3. The molecule has 0 unspecified atom stereocenters. The van der Waals surface area contributed by atoms with Gasteiger partial charge in [0.2, 0.25) is 10.0 Å². The zero-order valence-electron chi connectivity index (χ0n) is 16.6. The molecule has 2 aromatic carbocycles. The second-order valence-electron chi connectivity index (χ2n) is 7.20. The van der Waals surface area contributed by atoms with Crippen molar-refractivity contribution in [3.05, 3.63) is 72.6 Å². The van der Waals surface area contributed by atoms with Crippen LogP contribution in [-0.4, -0.2) is 66.5 Å². The van der Waals surface area contributed by atoms with Crippen molar-refractivity contribution >= 4 is 21.6 Å². The van der Waals surface area contributed by atoms with Gasteiger partial charge in [0, 0.05) is 38.1 Å². The molecule has 1 aliphatic rings. The minimum Gasteiger partial charge on any atom is -0.322 e. The molecule has 3 aromatic rings. The SMILES string of the molecule is CN1CCN(S(=O)(=O)c2cccc(NC(=O)c3cnn(-c4ccccc4)c3)c2)CC1. The molecule has 0 radical (unpaired) electrons. The molecule has 9 heteroatoms. The Balaban J connectivity index is 1.49. The largest absolute Gasteiger partial charge is 0.322 e. The van der Waals surface area contributed by atoms with Gasteiger partial charge in [0.25, 0.3) is 5.91 Å². The highest BCUT2D eigenvalue weighted by Gasteiger charge is 2.27. The van der Waals surface area contributed by atoms with Gasteiger partial charge < -0.3 is 10.2 Å². The molecule has 1 aliphatic heterocycles. The minimum absolute atomic E-state index is 0.171. The molecule has 8 nitrogen and oxygen atoms in total. The summed E-state index contributed by atoms with van der Waals surface area (Å²) in [5.41, 5.74) is 1.64. The van der Waals surface area contributed by atoms with Gasteiger partial charge >= 0.3 is 0 Å². The lowest BCUT2D eigenvalue weighted by molar-refractivity contribution is 0.102. The number of hydrogen-bond donors (Lipinski definition) is 1. The van der Waals surface area contributed by atoms with Gasteiger partial charge in [-0.3, -0.25) is 4.79 Å². The third kappa shape index (κ3) is 4.28. The average molecular weight is 426 g/mol. The van der Waals surface area contributed by atoms with Crippen LogP contribution in [-0.2, 0) is 10.0 Å². The van der Waals surface area contributed by atoms with Crippen molar-refractivity contribution in [1.29, 1.82) is 0 Å². The molecule has 30 heavy (non-hydrogen) atoms. The van der Waals surface area contributed by atoms with E-state index in [1.807, 2.05) is 37.4 Å². The van der Waals surface area contributed by atoms with Gasteiger partial charge in [0.1, 0.15) is 0 Å². The van der Waals surface area contributed by atoms with Crippen molar-refractivity contribution in [2.24, 2.45) is 0 Å². The number of nitrogens with zero attached hydrogens (tertiary/aromatic N) is 4. The Morgan fingerprint density at radius 1 is 1.00 bits per heavy atom. The number of para-hydroxylation sites is 1. The van der Waals surface area contributed by atoms with E-state index in [-0.39, 0.29) is 10.8 Å². The van der Waals surface area contributed by atoms with Gasteiger partial charge in [-0.25, -0.2) is 13.1 Å². The van der Waals surface area contributed by atoms with E-state index in [0.717, 1.165) is 5.69 Å². The Morgan fingerprint density at radius 3 is 2.47 bits per heavy atom. The fraction of sp³-hybridized carbons (Fsp3) is 0.238. The minimum atomic E-state index is -3.60. The number of piperazine rings is 1. The third-order valence-electron chi connectivity index (χ3n) is 5.06. The molecule has 0 saturated carbocycles. The van der Waals surface area contributed by atoms with Crippen LogP contribution in [0.2, 0.25) is 0 Å². The van der Waals surface area contributed by atoms with Gasteiger partial charge in [-0.15, -0.1) is 0 Å².